The predicted molar refractivity (Wildman–Crippen MR) is 268 cm³/mol. The quantitative estimate of drug-likeness (QED) is 0.0245. The molecule has 0 aromatic carbocycles. The van der Waals surface area contributed by atoms with E-state index in [4.69, 9.17) is 4.74 Å². The van der Waals surface area contributed by atoms with Crippen molar-refractivity contribution in [3.05, 3.63) is 85.1 Å². The van der Waals surface area contributed by atoms with Crippen molar-refractivity contribution in [1.29, 1.82) is 0 Å². The minimum Gasteiger partial charge on any atom is -0.462 e. The lowest BCUT2D eigenvalue weighted by Crippen LogP contribution is -2.46. The van der Waals surface area contributed by atoms with Gasteiger partial charge >= 0.3 is 5.97 Å². The highest BCUT2D eigenvalue weighted by atomic mass is 16.5. The van der Waals surface area contributed by atoms with Gasteiger partial charge in [-0.05, 0) is 83.5 Å². The summed E-state index contributed by atoms with van der Waals surface area (Å²) in [4.78, 5) is 26.1. The van der Waals surface area contributed by atoms with Crippen LogP contribution in [0, 0.1) is 0 Å². The van der Waals surface area contributed by atoms with E-state index < -0.39 is 18.2 Å². The van der Waals surface area contributed by atoms with Gasteiger partial charge in [0.25, 0.3) is 0 Å². The Morgan fingerprint density at radius 2 is 0.952 bits per heavy atom. The van der Waals surface area contributed by atoms with Gasteiger partial charge in [0.05, 0.1) is 25.2 Å². The predicted octanol–water partition coefficient (Wildman–Crippen LogP) is 15.6. The van der Waals surface area contributed by atoms with Gasteiger partial charge in [0.1, 0.15) is 6.10 Å². The summed E-state index contributed by atoms with van der Waals surface area (Å²) in [5.41, 5.74) is 0. The Balaban J connectivity index is 4.73. The number of aliphatic hydroxyl groups excluding tert-OH is 2. The minimum absolute atomic E-state index is 0.0312. The summed E-state index contributed by atoms with van der Waals surface area (Å²) in [6, 6.07) is -0.725. The number of ether oxygens (including phenoxy) is 1. The van der Waals surface area contributed by atoms with Crippen LogP contribution in [0.25, 0.3) is 0 Å². The molecule has 1 amide bonds. The maximum absolute atomic E-state index is 13.2. The van der Waals surface area contributed by atoms with Crippen molar-refractivity contribution in [2.45, 2.75) is 251 Å². The molecule has 6 heteroatoms. The molecule has 0 aliphatic heterocycles. The van der Waals surface area contributed by atoms with Crippen LogP contribution in [0.5, 0.6) is 0 Å². The molecule has 0 heterocycles. The second kappa shape index (κ2) is 49.1. The fraction of sp³-hybridized carbons (Fsp3) is 0.714. The number of nitrogens with one attached hydrogen (secondary N) is 1. The fourth-order valence-electron chi connectivity index (χ4n) is 7.36. The van der Waals surface area contributed by atoms with Gasteiger partial charge in [-0.3, -0.25) is 9.59 Å². The fourth-order valence-corrected chi connectivity index (χ4v) is 7.36. The maximum atomic E-state index is 13.2. The monoisotopic (exact) mass is 864 g/mol. The number of carbonyl (C=O) groups excluding carboxylic acids is 2. The molecular formula is C56H97NO5. The third kappa shape index (κ3) is 43.7. The molecule has 3 atom stereocenters. The number of rotatable bonds is 45. The van der Waals surface area contributed by atoms with Crippen LogP contribution in [0.4, 0.5) is 0 Å². The van der Waals surface area contributed by atoms with Crippen LogP contribution >= 0.6 is 0 Å². The minimum atomic E-state index is -0.807. The molecule has 6 nitrogen and oxygen atoms in total. The topological polar surface area (TPSA) is 95.9 Å². The van der Waals surface area contributed by atoms with E-state index >= 15 is 0 Å². The zero-order valence-electron chi connectivity index (χ0n) is 40.5. The van der Waals surface area contributed by atoms with Crippen molar-refractivity contribution in [2.75, 3.05) is 6.61 Å². The van der Waals surface area contributed by atoms with E-state index in [1.165, 1.54) is 103 Å². The van der Waals surface area contributed by atoms with Gasteiger partial charge in [0.15, 0.2) is 0 Å². The Hall–Kier alpha value is -2.96. The first-order chi connectivity index (χ1) is 30.5. The molecule has 0 saturated heterocycles. The molecule has 0 aromatic heterocycles. The average molecular weight is 864 g/mol. The lowest BCUT2D eigenvalue weighted by Gasteiger charge is -2.24. The molecule has 3 unspecified atom stereocenters. The van der Waals surface area contributed by atoms with Gasteiger partial charge in [-0.25, -0.2) is 0 Å². The summed E-state index contributed by atoms with van der Waals surface area (Å²) in [6.07, 6.45) is 63.5. The lowest BCUT2D eigenvalue weighted by molar-refractivity contribution is -0.151. The van der Waals surface area contributed by atoms with E-state index in [0.717, 1.165) is 83.5 Å². The zero-order valence-corrected chi connectivity index (χ0v) is 40.5. The highest BCUT2D eigenvalue weighted by molar-refractivity contribution is 5.77. The summed E-state index contributed by atoms with van der Waals surface area (Å²) < 4.78 is 5.90. The second-order valence-corrected chi connectivity index (χ2v) is 17.2. The smallest absolute Gasteiger partial charge is 0.306 e. The molecule has 0 radical (unpaired) electrons. The number of unbranched alkanes of at least 4 members (excludes halogenated alkanes) is 21. The van der Waals surface area contributed by atoms with E-state index in [1.54, 1.807) is 0 Å². The number of esters is 1. The number of hydrogen-bond acceptors (Lipinski definition) is 5. The van der Waals surface area contributed by atoms with E-state index in [9.17, 15) is 19.8 Å². The van der Waals surface area contributed by atoms with Crippen LogP contribution in [0.2, 0.25) is 0 Å². The molecule has 0 saturated carbocycles. The molecule has 0 aromatic rings. The summed E-state index contributed by atoms with van der Waals surface area (Å²) in [6.45, 7) is 6.30. The van der Waals surface area contributed by atoms with Gasteiger partial charge in [0, 0.05) is 6.42 Å². The van der Waals surface area contributed by atoms with Crippen molar-refractivity contribution in [3.8, 4) is 0 Å². The molecule has 0 aliphatic rings. The first-order valence-corrected chi connectivity index (χ1v) is 25.8. The summed E-state index contributed by atoms with van der Waals surface area (Å²) in [5.74, 6) is -0.546. The van der Waals surface area contributed by atoms with E-state index in [1.807, 2.05) is 0 Å². The Bertz CT molecular complexity index is 1200. The van der Waals surface area contributed by atoms with Crippen LogP contribution in [-0.4, -0.2) is 46.9 Å². The molecule has 0 rings (SSSR count). The van der Waals surface area contributed by atoms with E-state index in [2.05, 4.69) is 111 Å². The van der Waals surface area contributed by atoms with Crippen molar-refractivity contribution in [2.24, 2.45) is 0 Å². The van der Waals surface area contributed by atoms with Crippen LogP contribution in [0.15, 0.2) is 85.1 Å². The number of allylic oxidation sites excluding steroid dienone is 14. The van der Waals surface area contributed by atoms with E-state index in [0.29, 0.717) is 19.3 Å². The van der Waals surface area contributed by atoms with Gasteiger partial charge < -0.3 is 20.3 Å². The zero-order chi connectivity index (χ0) is 45.2. The summed E-state index contributed by atoms with van der Waals surface area (Å²) in [5, 5.41) is 23.7. The Kier molecular flexibility index (Phi) is 46.7. The molecule has 0 aliphatic carbocycles. The van der Waals surface area contributed by atoms with Crippen molar-refractivity contribution in [3.63, 3.8) is 0 Å². The highest BCUT2D eigenvalue weighted by Gasteiger charge is 2.24. The normalized spacial score (nSPS) is 14.0. The average Bonchev–Trinajstić information content (AvgIpc) is 3.26. The standard InChI is InChI=1S/C56H97NO5/c1-4-7-10-13-16-19-22-24-26-27-29-30-33-35-38-41-44-47-52(62-56(61)49-46-43-40-37-34-31-28-25-23-20-17-14-11-8-5-2)50-55(60)57-53(51-58)54(59)48-45-42-39-36-32-21-18-15-12-9-6-3/h8,11,14,16-17,19-20,23-24,26,29-30,35,38,52-54,58-59H,4-7,9-10,12-13,15,18,21-22,25,27-28,31-34,36-37,39-51H2,1-3H3,(H,57,60)/b11-8+,17-14+,19-16-,23-20+,26-24-,30-29-,38-35-. The van der Waals surface area contributed by atoms with Crippen molar-refractivity contribution >= 4 is 11.9 Å². The van der Waals surface area contributed by atoms with Crippen LogP contribution in [0.1, 0.15) is 233 Å². The molecular weight excluding hydrogens is 767 g/mol. The van der Waals surface area contributed by atoms with Gasteiger partial charge in [-0.15, -0.1) is 0 Å². The number of carbonyl (C=O) groups is 2. The SMILES string of the molecule is CC/C=C/C=C/C=C/CCCCCCCCCC(=O)OC(CCC/C=C\C/C=C\C/C=C\C/C=C\CCCCC)CC(=O)NC(CO)C(O)CCCCCCCCCCCCC. The third-order valence-electron chi connectivity index (χ3n) is 11.3. The number of aliphatic hydroxyl groups is 2. The van der Waals surface area contributed by atoms with Gasteiger partial charge in [0.2, 0.25) is 5.91 Å². The van der Waals surface area contributed by atoms with Gasteiger partial charge in [-0.2, -0.15) is 0 Å². The first kappa shape index (κ1) is 59.0. The molecule has 3 N–H and O–H groups in total. The van der Waals surface area contributed by atoms with E-state index in [-0.39, 0.29) is 24.9 Å². The molecule has 0 spiro atoms. The molecule has 62 heavy (non-hydrogen) atoms. The van der Waals surface area contributed by atoms with Crippen molar-refractivity contribution in [1.82, 2.24) is 5.32 Å². The summed E-state index contributed by atoms with van der Waals surface area (Å²) in [7, 11) is 0. The first-order valence-electron chi connectivity index (χ1n) is 25.8. The molecule has 0 fully saturated rings. The van der Waals surface area contributed by atoms with Gasteiger partial charge in [-0.1, -0.05) is 221 Å². The Labute approximate surface area is 383 Å². The molecule has 356 valence electrons. The van der Waals surface area contributed by atoms with Crippen molar-refractivity contribution < 1.29 is 24.5 Å². The number of amides is 1. The van der Waals surface area contributed by atoms with Crippen LogP contribution < -0.4 is 5.32 Å². The Morgan fingerprint density at radius 1 is 0.500 bits per heavy atom. The maximum Gasteiger partial charge on any atom is 0.306 e. The number of hydrogen-bond donors (Lipinski definition) is 3. The Morgan fingerprint density at radius 3 is 1.52 bits per heavy atom. The molecule has 0 bridgehead atoms. The van der Waals surface area contributed by atoms with Crippen LogP contribution in [0.3, 0.4) is 0 Å². The lowest BCUT2D eigenvalue weighted by atomic mass is 10.0. The highest BCUT2D eigenvalue weighted by Crippen LogP contribution is 2.17. The van der Waals surface area contributed by atoms with Crippen LogP contribution in [-0.2, 0) is 14.3 Å². The second-order valence-electron chi connectivity index (χ2n) is 17.2. The largest absolute Gasteiger partial charge is 0.462 e. The third-order valence-corrected chi connectivity index (χ3v) is 11.3. The summed E-state index contributed by atoms with van der Waals surface area (Å²) >= 11 is 0.